The highest BCUT2D eigenvalue weighted by Gasteiger charge is 2.40. The Balaban J connectivity index is 0.00000133. The largest absolute Gasteiger partial charge is 0.477 e. The lowest BCUT2D eigenvalue weighted by Gasteiger charge is -2.21. The number of halogens is 1. The summed E-state index contributed by atoms with van der Waals surface area (Å²) in [6.45, 7) is 3.83. The first-order valence-corrected chi connectivity index (χ1v) is 5.86. The minimum atomic E-state index is -0.944. The molecule has 3 nitrogen and oxygen atoms in total. The van der Waals surface area contributed by atoms with E-state index in [4.69, 9.17) is 0 Å². The van der Waals surface area contributed by atoms with Gasteiger partial charge in [-0.25, -0.2) is 9.79 Å². The summed E-state index contributed by atoms with van der Waals surface area (Å²) in [4.78, 5) is 15.6. The lowest BCUT2D eigenvalue weighted by atomic mass is 9.79. The van der Waals surface area contributed by atoms with Gasteiger partial charge < -0.3 is 5.11 Å². The van der Waals surface area contributed by atoms with Gasteiger partial charge in [0.1, 0.15) is 5.71 Å². The molecule has 0 saturated carbocycles. The zero-order valence-electron chi connectivity index (χ0n) is 10.7. The van der Waals surface area contributed by atoms with E-state index < -0.39 is 11.4 Å². The first kappa shape index (κ1) is 13.6. The molecule has 98 valence electrons. The smallest absolute Gasteiger partial charge is 0.351 e. The van der Waals surface area contributed by atoms with Gasteiger partial charge in [-0.3, -0.25) is 0 Å². The molecule has 0 fully saturated rings. The lowest BCUT2D eigenvalue weighted by molar-refractivity contribution is -0.129. The molecule has 4 heteroatoms. The Bertz CT molecular complexity index is 704. The second-order valence-electron chi connectivity index (χ2n) is 5.07. The zero-order chi connectivity index (χ0) is 12.9. The summed E-state index contributed by atoms with van der Waals surface area (Å²) in [6, 6.07) is 11.9. The van der Waals surface area contributed by atoms with Gasteiger partial charge in [-0.05, 0) is 36.2 Å². The van der Waals surface area contributed by atoms with Crippen molar-refractivity contribution >= 4 is 40.5 Å². The Morgan fingerprint density at radius 3 is 2.53 bits per heavy atom. The third-order valence-electron chi connectivity index (χ3n) is 3.56. The quantitative estimate of drug-likeness (QED) is 0.862. The van der Waals surface area contributed by atoms with Crippen molar-refractivity contribution in [2.75, 3.05) is 0 Å². The Kier molecular flexibility index (Phi) is 3.11. The van der Waals surface area contributed by atoms with Crippen LogP contribution in [0, 0.1) is 0 Å². The van der Waals surface area contributed by atoms with Crippen LogP contribution in [-0.4, -0.2) is 16.8 Å². The number of fused-ring (bicyclic) bond motifs is 3. The van der Waals surface area contributed by atoms with Crippen LogP contribution >= 0.6 is 12.4 Å². The van der Waals surface area contributed by atoms with Gasteiger partial charge in [-0.2, -0.15) is 0 Å². The molecule has 0 spiro atoms. The summed E-state index contributed by atoms with van der Waals surface area (Å²) in [5, 5.41) is 11.5. The molecule has 0 radical (unpaired) electrons. The Hall–Kier alpha value is -1.87. The predicted octanol–water partition coefficient (Wildman–Crippen LogP) is 3.71. The number of carboxylic acid groups (broad SMARTS) is 1. The number of benzene rings is 2. The maximum atomic E-state index is 11.3. The number of rotatable bonds is 1. The van der Waals surface area contributed by atoms with Crippen molar-refractivity contribution in [3.05, 3.63) is 42.0 Å². The first-order valence-electron chi connectivity index (χ1n) is 5.86. The average molecular weight is 276 g/mol. The van der Waals surface area contributed by atoms with E-state index in [1.54, 1.807) is 0 Å². The van der Waals surface area contributed by atoms with Crippen LogP contribution in [0.2, 0.25) is 0 Å². The van der Waals surface area contributed by atoms with E-state index in [1.807, 2.05) is 50.2 Å². The number of carbonyl (C=O) groups is 1. The van der Waals surface area contributed by atoms with Crippen LogP contribution in [0.15, 0.2) is 41.4 Å². The first-order chi connectivity index (χ1) is 8.51. The van der Waals surface area contributed by atoms with Crippen LogP contribution in [-0.2, 0) is 10.2 Å². The fourth-order valence-corrected chi connectivity index (χ4v) is 2.70. The van der Waals surface area contributed by atoms with Gasteiger partial charge >= 0.3 is 5.97 Å². The molecule has 2 aromatic rings. The second kappa shape index (κ2) is 4.35. The summed E-state index contributed by atoms with van der Waals surface area (Å²) in [5.41, 5.74) is 1.45. The predicted molar refractivity (Wildman–Crippen MR) is 79.0 cm³/mol. The maximum Gasteiger partial charge on any atom is 0.351 e. The SMILES string of the molecule is CC1(C)C(C(=O)O)=Nc2ccc3ccccc3c21.Cl. The maximum absolute atomic E-state index is 11.3. The fourth-order valence-electron chi connectivity index (χ4n) is 2.70. The molecule has 0 atom stereocenters. The summed E-state index contributed by atoms with van der Waals surface area (Å²) in [6.07, 6.45) is 0. The minimum absolute atomic E-state index is 0. The van der Waals surface area contributed by atoms with E-state index in [0.29, 0.717) is 0 Å². The Labute approximate surface area is 117 Å². The lowest BCUT2D eigenvalue weighted by Crippen LogP contribution is -2.32. The summed E-state index contributed by atoms with van der Waals surface area (Å²) in [7, 11) is 0. The van der Waals surface area contributed by atoms with E-state index >= 15 is 0 Å². The van der Waals surface area contributed by atoms with Crippen molar-refractivity contribution in [1.82, 2.24) is 0 Å². The fraction of sp³-hybridized carbons (Fsp3) is 0.200. The molecule has 0 amide bonds. The van der Waals surface area contributed by atoms with Gasteiger partial charge in [-0.15, -0.1) is 12.4 Å². The molecule has 0 unspecified atom stereocenters. The van der Waals surface area contributed by atoms with Crippen LogP contribution in [0.4, 0.5) is 5.69 Å². The highest BCUT2D eigenvalue weighted by molar-refractivity contribution is 6.41. The average Bonchev–Trinajstić information content (AvgIpc) is 2.61. The molecule has 19 heavy (non-hydrogen) atoms. The molecule has 1 aliphatic heterocycles. The van der Waals surface area contributed by atoms with Crippen molar-refractivity contribution in [3.63, 3.8) is 0 Å². The molecule has 2 aromatic carbocycles. The number of nitrogens with zero attached hydrogens (tertiary/aromatic N) is 1. The van der Waals surface area contributed by atoms with Crippen LogP contribution in [0.1, 0.15) is 19.4 Å². The molecule has 3 rings (SSSR count). The monoisotopic (exact) mass is 275 g/mol. The number of hydrogen-bond acceptors (Lipinski definition) is 2. The number of aliphatic carboxylic acids is 1. The molecule has 0 aliphatic carbocycles. The Morgan fingerprint density at radius 1 is 1.16 bits per heavy atom. The number of carboxylic acids is 1. The Morgan fingerprint density at radius 2 is 1.84 bits per heavy atom. The number of hydrogen-bond donors (Lipinski definition) is 1. The van der Waals surface area contributed by atoms with Crippen molar-refractivity contribution in [1.29, 1.82) is 0 Å². The molecule has 1 N–H and O–H groups in total. The van der Waals surface area contributed by atoms with Crippen molar-refractivity contribution in [2.45, 2.75) is 19.3 Å². The summed E-state index contributed by atoms with van der Waals surface area (Å²) in [5.74, 6) is -0.944. The molecular weight excluding hydrogens is 262 g/mol. The van der Waals surface area contributed by atoms with Crippen LogP contribution in [0.25, 0.3) is 10.8 Å². The highest BCUT2D eigenvalue weighted by Crippen LogP contribution is 2.44. The van der Waals surface area contributed by atoms with E-state index in [0.717, 1.165) is 22.0 Å². The summed E-state index contributed by atoms with van der Waals surface area (Å²) < 4.78 is 0. The normalized spacial score (nSPS) is 15.6. The minimum Gasteiger partial charge on any atom is -0.477 e. The molecule has 0 bridgehead atoms. The second-order valence-corrected chi connectivity index (χ2v) is 5.07. The topological polar surface area (TPSA) is 49.7 Å². The van der Waals surface area contributed by atoms with Crippen molar-refractivity contribution in [2.24, 2.45) is 4.99 Å². The molecule has 1 aliphatic rings. The highest BCUT2D eigenvalue weighted by atomic mass is 35.5. The standard InChI is InChI=1S/C15H13NO2.ClH/c1-15(2)12-10-6-4-3-5-9(10)7-8-11(12)16-13(15)14(17)18;/h3-8H,1-2H3,(H,17,18);1H. The van der Waals surface area contributed by atoms with E-state index in [2.05, 4.69) is 4.99 Å². The summed E-state index contributed by atoms with van der Waals surface area (Å²) >= 11 is 0. The van der Waals surface area contributed by atoms with E-state index in [-0.39, 0.29) is 18.1 Å². The van der Waals surface area contributed by atoms with E-state index in [1.165, 1.54) is 0 Å². The van der Waals surface area contributed by atoms with Crippen molar-refractivity contribution < 1.29 is 9.90 Å². The van der Waals surface area contributed by atoms with Crippen LogP contribution < -0.4 is 0 Å². The van der Waals surface area contributed by atoms with Gasteiger partial charge in [0.25, 0.3) is 0 Å². The van der Waals surface area contributed by atoms with E-state index in [9.17, 15) is 9.90 Å². The van der Waals surface area contributed by atoms with Gasteiger partial charge in [-0.1, -0.05) is 30.3 Å². The molecule has 0 aromatic heterocycles. The van der Waals surface area contributed by atoms with Gasteiger partial charge in [0.05, 0.1) is 5.69 Å². The third kappa shape index (κ3) is 1.81. The third-order valence-corrected chi connectivity index (χ3v) is 3.56. The van der Waals surface area contributed by atoms with Crippen molar-refractivity contribution in [3.8, 4) is 0 Å². The molecule has 0 saturated heterocycles. The van der Waals surface area contributed by atoms with Gasteiger partial charge in [0.2, 0.25) is 0 Å². The van der Waals surface area contributed by atoms with Gasteiger partial charge in [0, 0.05) is 5.41 Å². The molecule has 1 heterocycles. The van der Waals surface area contributed by atoms with Crippen LogP contribution in [0.3, 0.4) is 0 Å². The van der Waals surface area contributed by atoms with Gasteiger partial charge in [0.15, 0.2) is 0 Å². The van der Waals surface area contributed by atoms with Crippen LogP contribution in [0.5, 0.6) is 0 Å². The number of aliphatic imine (C=N–C) groups is 1. The zero-order valence-corrected chi connectivity index (χ0v) is 11.5. The molecular formula is C15H14ClNO2.